The second-order valence-corrected chi connectivity index (χ2v) is 6.80. The lowest BCUT2D eigenvalue weighted by Gasteiger charge is -2.21. The van der Waals surface area contributed by atoms with E-state index in [0.29, 0.717) is 29.5 Å². The van der Waals surface area contributed by atoms with Crippen molar-refractivity contribution in [3.63, 3.8) is 0 Å². The second kappa shape index (κ2) is 7.59. The number of anilines is 2. The molecule has 0 aliphatic heterocycles. The van der Waals surface area contributed by atoms with Crippen molar-refractivity contribution in [2.24, 2.45) is 10.7 Å². The Bertz CT molecular complexity index is 996. The van der Waals surface area contributed by atoms with Crippen molar-refractivity contribution < 1.29 is 4.42 Å². The molecule has 1 aromatic carbocycles. The van der Waals surface area contributed by atoms with E-state index in [1.54, 1.807) is 6.92 Å². The largest absolute Gasteiger partial charge is 0.421 e. The fourth-order valence-electron chi connectivity index (χ4n) is 2.93. The minimum Gasteiger partial charge on any atom is -0.421 e. The number of aromatic nitrogens is 3. The van der Waals surface area contributed by atoms with Gasteiger partial charge in [-0.3, -0.25) is 4.99 Å². The Kier molecular flexibility index (Phi) is 4.84. The molecule has 3 aromatic rings. The molecule has 28 heavy (non-hydrogen) atoms. The molecule has 0 amide bonds. The van der Waals surface area contributed by atoms with Gasteiger partial charge in [-0.1, -0.05) is 6.58 Å². The maximum Gasteiger partial charge on any atom is 0.247 e. The summed E-state index contributed by atoms with van der Waals surface area (Å²) in [6, 6.07) is 9.92. The Hall–Kier alpha value is -3.55. The van der Waals surface area contributed by atoms with Gasteiger partial charge in [-0.05, 0) is 49.6 Å². The first kappa shape index (κ1) is 17.8. The molecular weight excluding hydrogens is 354 g/mol. The minimum absolute atomic E-state index is 0.352. The molecule has 1 saturated carbocycles. The summed E-state index contributed by atoms with van der Waals surface area (Å²) < 4.78 is 5.44. The van der Waals surface area contributed by atoms with Gasteiger partial charge in [0.05, 0.1) is 11.6 Å². The fourth-order valence-corrected chi connectivity index (χ4v) is 2.93. The van der Waals surface area contributed by atoms with Crippen LogP contribution in [-0.4, -0.2) is 27.1 Å². The molecular formula is C20H23N7O. The number of aromatic amines is 1. The van der Waals surface area contributed by atoms with Crippen LogP contribution in [0, 0.1) is 6.92 Å². The maximum absolute atomic E-state index is 6.17. The first-order chi connectivity index (χ1) is 13.6. The lowest BCUT2D eigenvalue weighted by atomic mass is 9.94. The summed E-state index contributed by atoms with van der Waals surface area (Å²) in [6.45, 7) is 5.80. The number of H-pyrrole nitrogens is 1. The summed E-state index contributed by atoms with van der Waals surface area (Å²) in [7, 11) is 0. The van der Waals surface area contributed by atoms with E-state index in [9.17, 15) is 0 Å². The SMILES string of the molecule is C=C(Nc1ccc(-c2nnc(C)o2)cc1)Nc1[nH]ccc1C(N)=NC1CCC1. The Morgan fingerprint density at radius 1 is 1.21 bits per heavy atom. The van der Waals surface area contributed by atoms with Crippen LogP contribution in [0.3, 0.4) is 0 Å². The minimum atomic E-state index is 0.352. The molecule has 8 nitrogen and oxygen atoms in total. The summed E-state index contributed by atoms with van der Waals surface area (Å²) in [4.78, 5) is 7.73. The normalized spacial score (nSPS) is 14.5. The van der Waals surface area contributed by atoms with Gasteiger partial charge in [0, 0.05) is 24.4 Å². The van der Waals surface area contributed by atoms with Crippen LogP contribution in [0.5, 0.6) is 0 Å². The standard InChI is InChI=1S/C20H23N7O/c1-12(23-16-8-6-14(7-9-16)20-27-26-13(2)28-20)24-19-17(10-11-22-19)18(21)25-15-4-3-5-15/h6-11,15,22-24H,1,3-5H2,2H3,(H2,21,25). The van der Waals surface area contributed by atoms with Crippen LogP contribution in [-0.2, 0) is 0 Å². The van der Waals surface area contributed by atoms with Gasteiger partial charge in [-0.25, -0.2) is 0 Å². The zero-order chi connectivity index (χ0) is 19.5. The maximum atomic E-state index is 6.17. The number of nitrogens with zero attached hydrogens (tertiary/aromatic N) is 3. The molecule has 0 saturated heterocycles. The van der Waals surface area contributed by atoms with Crippen LogP contribution in [0.2, 0.25) is 0 Å². The van der Waals surface area contributed by atoms with E-state index in [-0.39, 0.29) is 0 Å². The molecule has 0 spiro atoms. The fraction of sp³-hybridized carbons (Fsp3) is 0.250. The number of nitrogens with one attached hydrogen (secondary N) is 3. The van der Waals surface area contributed by atoms with Gasteiger partial charge in [0.15, 0.2) is 0 Å². The van der Waals surface area contributed by atoms with Crippen molar-refractivity contribution in [3.05, 3.63) is 60.4 Å². The van der Waals surface area contributed by atoms with Crippen LogP contribution < -0.4 is 16.4 Å². The first-order valence-electron chi connectivity index (χ1n) is 9.23. The van der Waals surface area contributed by atoms with Crippen LogP contribution in [0.15, 0.2) is 58.3 Å². The monoisotopic (exact) mass is 377 g/mol. The molecule has 1 aliphatic carbocycles. The highest BCUT2D eigenvalue weighted by Crippen LogP contribution is 2.24. The molecule has 0 atom stereocenters. The zero-order valence-electron chi connectivity index (χ0n) is 15.7. The van der Waals surface area contributed by atoms with Crippen molar-refractivity contribution in [1.29, 1.82) is 0 Å². The molecule has 0 unspecified atom stereocenters. The molecule has 5 N–H and O–H groups in total. The number of hydrogen-bond donors (Lipinski definition) is 4. The van der Waals surface area contributed by atoms with Gasteiger partial charge in [-0.15, -0.1) is 10.2 Å². The van der Waals surface area contributed by atoms with E-state index in [2.05, 4.69) is 37.4 Å². The van der Waals surface area contributed by atoms with Crippen LogP contribution in [0.25, 0.3) is 11.5 Å². The number of amidine groups is 1. The summed E-state index contributed by atoms with van der Waals surface area (Å²) in [5.74, 6) is 2.95. The van der Waals surface area contributed by atoms with Gasteiger partial charge in [0.1, 0.15) is 17.5 Å². The lowest BCUT2D eigenvalue weighted by Crippen LogP contribution is -2.23. The van der Waals surface area contributed by atoms with Crippen LogP contribution in [0.4, 0.5) is 11.5 Å². The topological polar surface area (TPSA) is 117 Å². The van der Waals surface area contributed by atoms with E-state index in [0.717, 1.165) is 35.5 Å². The Labute approximate surface area is 163 Å². The molecule has 8 heteroatoms. The molecule has 0 radical (unpaired) electrons. The number of nitrogens with two attached hydrogens (primary N) is 1. The van der Waals surface area contributed by atoms with E-state index < -0.39 is 0 Å². The second-order valence-electron chi connectivity index (χ2n) is 6.80. The third kappa shape index (κ3) is 3.90. The Morgan fingerprint density at radius 3 is 2.64 bits per heavy atom. The summed E-state index contributed by atoms with van der Waals surface area (Å²) in [5, 5.41) is 14.3. The van der Waals surface area contributed by atoms with Crippen molar-refractivity contribution in [3.8, 4) is 11.5 Å². The Morgan fingerprint density at radius 2 is 2.00 bits per heavy atom. The molecule has 2 aromatic heterocycles. The van der Waals surface area contributed by atoms with Crippen molar-refractivity contribution in [2.45, 2.75) is 32.2 Å². The summed E-state index contributed by atoms with van der Waals surface area (Å²) >= 11 is 0. The van der Waals surface area contributed by atoms with Gasteiger partial charge < -0.3 is 25.8 Å². The number of benzene rings is 1. The van der Waals surface area contributed by atoms with Crippen molar-refractivity contribution >= 4 is 17.3 Å². The predicted molar refractivity (Wildman–Crippen MR) is 110 cm³/mol. The average molecular weight is 377 g/mol. The van der Waals surface area contributed by atoms with E-state index in [1.807, 2.05) is 36.5 Å². The van der Waals surface area contributed by atoms with E-state index in [1.165, 1.54) is 6.42 Å². The molecule has 0 bridgehead atoms. The molecule has 144 valence electrons. The highest BCUT2D eigenvalue weighted by Gasteiger charge is 2.18. The third-order valence-electron chi connectivity index (χ3n) is 4.65. The molecule has 1 fully saturated rings. The Balaban J connectivity index is 1.40. The average Bonchev–Trinajstić information content (AvgIpc) is 3.27. The zero-order valence-corrected chi connectivity index (χ0v) is 15.7. The van der Waals surface area contributed by atoms with Crippen molar-refractivity contribution in [2.75, 3.05) is 10.6 Å². The molecule has 2 heterocycles. The van der Waals surface area contributed by atoms with Gasteiger partial charge in [0.25, 0.3) is 0 Å². The molecule has 1 aliphatic rings. The lowest BCUT2D eigenvalue weighted by molar-refractivity contribution is 0.420. The summed E-state index contributed by atoms with van der Waals surface area (Å²) in [6.07, 6.45) is 5.28. The van der Waals surface area contributed by atoms with Gasteiger partial charge in [-0.2, -0.15) is 0 Å². The highest BCUT2D eigenvalue weighted by molar-refractivity contribution is 6.02. The van der Waals surface area contributed by atoms with Gasteiger partial charge in [0.2, 0.25) is 11.8 Å². The quantitative estimate of drug-likeness (QED) is 0.369. The van der Waals surface area contributed by atoms with Crippen LogP contribution in [0.1, 0.15) is 30.7 Å². The van der Waals surface area contributed by atoms with Crippen LogP contribution >= 0.6 is 0 Å². The third-order valence-corrected chi connectivity index (χ3v) is 4.65. The number of rotatable bonds is 7. The number of hydrogen-bond acceptors (Lipinski definition) is 6. The predicted octanol–water partition coefficient (Wildman–Crippen LogP) is 3.63. The first-order valence-corrected chi connectivity index (χ1v) is 9.23. The smallest absolute Gasteiger partial charge is 0.247 e. The van der Waals surface area contributed by atoms with E-state index >= 15 is 0 Å². The summed E-state index contributed by atoms with van der Waals surface area (Å²) in [5.41, 5.74) is 8.75. The highest BCUT2D eigenvalue weighted by atomic mass is 16.4. The van der Waals surface area contributed by atoms with Crippen molar-refractivity contribution in [1.82, 2.24) is 15.2 Å². The van der Waals surface area contributed by atoms with Gasteiger partial charge >= 0.3 is 0 Å². The number of aliphatic imine (C=N–C) groups is 1. The molecule has 4 rings (SSSR count). The van der Waals surface area contributed by atoms with E-state index in [4.69, 9.17) is 10.2 Å². The number of aryl methyl sites for hydroxylation is 1.